The number of hydrogen-bond acceptors (Lipinski definition) is 3. The number of rotatable bonds is 3. The van der Waals surface area contributed by atoms with Crippen LogP contribution < -0.4 is 5.73 Å². The molecule has 0 bridgehead atoms. The van der Waals surface area contributed by atoms with Crippen molar-refractivity contribution in [2.75, 3.05) is 0 Å². The highest BCUT2D eigenvalue weighted by molar-refractivity contribution is 9.10. The van der Waals surface area contributed by atoms with Crippen LogP contribution in [0, 0.1) is 11.3 Å². The number of nitriles is 1. The lowest BCUT2D eigenvalue weighted by atomic mass is 10.0. The molecule has 1 rings (SSSR count). The molecule has 0 fully saturated rings. The third-order valence-electron chi connectivity index (χ3n) is 1.95. The van der Waals surface area contributed by atoms with Gasteiger partial charge in [-0.2, -0.15) is 5.26 Å². The lowest BCUT2D eigenvalue weighted by molar-refractivity contribution is 0.144. The van der Waals surface area contributed by atoms with E-state index in [-0.39, 0.29) is 24.2 Å². The van der Waals surface area contributed by atoms with Crippen molar-refractivity contribution in [2.45, 2.75) is 19.4 Å². The molecule has 3 nitrogen and oxygen atoms in total. The highest BCUT2D eigenvalue weighted by Crippen LogP contribution is 2.28. The highest BCUT2D eigenvalue weighted by Gasteiger charge is 2.18. The van der Waals surface area contributed by atoms with E-state index in [0.717, 1.165) is 0 Å². The monoisotopic (exact) mass is 275 g/mol. The molecule has 1 heterocycles. The molecule has 2 N–H and O–H groups in total. The fourth-order valence-corrected chi connectivity index (χ4v) is 1.75. The van der Waals surface area contributed by atoms with E-state index in [0.29, 0.717) is 10.0 Å². The number of halogens is 3. The molecular weight excluding hydrogens is 268 g/mol. The molecule has 0 amide bonds. The molecule has 0 radical (unpaired) electrons. The summed E-state index contributed by atoms with van der Waals surface area (Å²) in [7, 11) is 0. The molecule has 15 heavy (non-hydrogen) atoms. The first-order valence-electron chi connectivity index (χ1n) is 4.13. The maximum atomic E-state index is 12.6. The minimum atomic E-state index is -2.67. The molecular formula is C9H8BrF2N3. The van der Waals surface area contributed by atoms with E-state index >= 15 is 0 Å². The predicted molar refractivity (Wildman–Crippen MR) is 54.1 cm³/mol. The van der Waals surface area contributed by atoms with Gasteiger partial charge >= 0.3 is 0 Å². The molecule has 0 aliphatic rings. The first kappa shape index (κ1) is 12.0. The number of pyridine rings is 1. The smallest absolute Gasteiger partial charge is 0.280 e. The third kappa shape index (κ3) is 2.49. The summed E-state index contributed by atoms with van der Waals surface area (Å²) in [5.74, 6) is 0. The zero-order valence-electron chi connectivity index (χ0n) is 7.67. The Labute approximate surface area is 94.0 Å². The zero-order valence-corrected chi connectivity index (χ0v) is 9.26. The van der Waals surface area contributed by atoms with Gasteiger partial charge in [-0.3, -0.25) is 4.98 Å². The van der Waals surface area contributed by atoms with Gasteiger partial charge in [-0.1, -0.05) is 0 Å². The Morgan fingerprint density at radius 2 is 2.20 bits per heavy atom. The first-order valence-corrected chi connectivity index (χ1v) is 4.92. The Balaban J connectivity index is 3.34. The van der Waals surface area contributed by atoms with Crippen molar-refractivity contribution >= 4 is 15.9 Å². The maximum Gasteiger partial charge on any atom is 0.280 e. The van der Waals surface area contributed by atoms with Crippen LogP contribution >= 0.6 is 15.9 Å². The Kier molecular flexibility index (Phi) is 4.12. The highest BCUT2D eigenvalue weighted by atomic mass is 79.9. The fourth-order valence-electron chi connectivity index (χ4n) is 1.27. The molecule has 0 spiro atoms. The summed E-state index contributed by atoms with van der Waals surface area (Å²) in [6.45, 7) is -0.0525. The van der Waals surface area contributed by atoms with Gasteiger partial charge in [0, 0.05) is 17.2 Å². The summed E-state index contributed by atoms with van der Waals surface area (Å²) in [5.41, 5.74) is 5.78. The summed E-state index contributed by atoms with van der Waals surface area (Å²) in [6, 6.07) is 1.91. The van der Waals surface area contributed by atoms with Crippen LogP contribution in [0.15, 0.2) is 10.7 Å². The van der Waals surface area contributed by atoms with Gasteiger partial charge in [0.25, 0.3) is 6.43 Å². The number of hydrogen-bond donors (Lipinski definition) is 1. The minimum Gasteiger partial charge on any atom is -0.326 e. The molecule has 1 aromatic heterocycles. The van der Waals surface area contributed by atoms with Gasteiger partial charge in [-0.25, -0.2) is 8.78 Å². The average molecular weight is 276 g/mol. The van der Waals surface area contributed by atoms with Crippen LogP contribution in [-0.2, 0) is 13.0 Å². The summed E-state index contributed by atoms with van der Waals surface area (Å²) in [5, 5.41) is 8.57. The van der Waals surface area contributed by atoms with Crippen LogP contribution in [0.5, 0.6) is 0 Å². The molecule has 6 heteroatoms. The topological polar surface area (TPSA) is 62.7 Å². The molecule has 0 unspecified atom stereocenters. The average Bonchev–Trinajstić information content (AvgIpc) is 2.20. The van der Waals surface area contributed by atoms with E-state index in [4.69, 9.17) is 11.0 Å². The summed E-state index contributed by atoms with van der Waals surface area (Å²) in [6.07, 6.45) is -1.36. The van der Waals surface area contributed by atoms with Crippen molar-refractivity contribution < 1.29 is 8.78 Å². The standard InChI is InChI=1S/C9H8BrF2N3/c10-7-4-15-8(9(11)12)6(3-14)5(7)1-2-13/h4,9H,1,3,14H2. The summed E-state index contributed by atoms with van der Waals surface area (Å²) >= 11 is 3.16. The van der Waals surface area contributed by atoms with Gasteiger partial charge in [-0.05, 0) is 27.1 Å². The summed E-state index contributed by atoms with van der Waals surface area (Å²) in [4.78, 5) is 3.61. The predicted octanol–water partition coefficient (Wildman–Crippen LogP) is 2.31. The maximum absolute atomic E-state index is 12.6. The second-order valence-electron chi connectivity index (χ2n) is 2.79. The van der Waals surface area contributed by atoms with E-state index in [1.54, 1.807) is 0 Å². The van der Waals surface area contributed by atoms with Crippen molar-refractivity contribution in [1.82, 2.24) is 4.98 Å². The van der Waals surface area contributed by atoms with Gasteiger partial charge in [-0.15, -0.1) is 0 Å². The van der Waals surface area contributed by atoms with Crippen LogP contribution in [0.25, 0.3) is 0 Å². The van der Waals surface area contributed by atoms with Crippen LogP contribution in [0.3, 0.4) is 0 Å². The number of aromatic nitrogens is 1. The zero-order chi connectivity index (χ0) is 11.4. The van der Waals surface area contributed by atoms with Crippen molar-refractivity contribution in [3.63, 3.8) is 0 Å². The lowest BCUT2D eigenvalue weighted by Crippen LogP contribution is -2.09. The van der Waals surface area contributed by atoms with E-state index in [1.807, 2.05) is 6.07 Å². The van der Waals surface area contributed by atoms with E-state index in [2.05, 4.69) is 20.9 Å². The Hall–Kier alpha value is -1.06. The number of nitrogens with two attached hydrogens (primary N) is 1. The molecule has 0 saturated heterocycles. The van der Waals surface area contributed by atoms with Crippen LogP contribution in [0.4, 0.5) is 8.78 Å². The molecule has 0 aromatic carbocycles. The van der Waals surface area contributed by atoms with E-state index < -0.39 is 6.43 Å². The molecule has 0 aliphatic heterocycles. The van der Waals surface area contributed by atoms with Gasteiger partial charge in [0.15, 0.2) is 0 Å². The largest absolute Gasteiger partial charge is 0.326 e. The first-order chi connectivity index (χ1) is 7.11. The second-order valence-corrected chi connectivity index (χ2v) is 3.64. The Morgan fingerprint density at radius 3 is 2.67 bits per heavy atom. The molecule has 1 aromatic rings. The van der Waals surface area contributed by atoms with Gasteiger partial charge in [0.05, 0.1) is 12.5 Å². The van der Waals surface area contributed by atoms with Gasteiger partial charge < -0.3 is 5.73 Å². The van der Waals surface area contributed by atoms with Crippen LogP contribution in [-0.4, -0.2) is 4.98 Å². The minimum absolute atomic E-state index is 0.0371. The van der Waals surface area contributed by atoms with Crippen molar-refractivity contribution in [1.29, 1.82) is 5.26 Å². The van der Waals surface area contributed by atoms with Crippen LogP contribution in [0.2, 0.25) is 0 Å². The fraction of sp³-hybridized carbons (Fsp3) is 0.333. The SMILES string of the molecule is N#CCc1c(Br)cnc(C(F)F)c1CN. The Bertz CT molecular complexity index is 401. The lowest BCUT2D eigenvalue weighted by Gasteiger charge is -2.11. The Morgan fingerprint density at radius 1 is 1.53 bits per heavy atom. The second kappa shape index (κ2) is 5.14. The quantitative estimate of drug-likeness (QED) is 0.921. The molecule has 0 saturated carbocycles. The van der Waals surface area contributed by atoms with E-state index in [1.165, 1.54) is 6.20 Å². The van der Waals surface area contributed by atoms with Crippen molar-refractivity contribution in [3.05, 3.63) is 27.5 Å². The van der Waals surface area contributed by atoms with Crippen LogP contribution in [0.1, 0.15) is 23.2 Å². The molecule has 0 atom stereocenters. The summed E-state index contributed by atoms with van der Waals surface area (Å²) < 4.78 is 25.6. The van der Waals surface area contributed by atoms with Gasteiger partial charge in [0.2, 0.25) is 0 Å². The molecule has 80 valence electrons. The number of nitrogens with zero attached hydrogens (tertiary/aromatic N) is 2. The normalized spacial score (nSPS) is 10.4. The van der Waals surface area contributed by atoms with E-state index in [9.17, 15) is 8.78 Å². The molecule has 0 aliphatic carbocycles. The van der Waals surface area contributed by atoms with Crippen molar-refractivity contribution in [2.24, 2.45) is 5.73 Å². The number of alkyl halides is 2. The van der Waals surface area contributed by atoms with Crippen molar-refractivity contribution in [3.8, 4) is 6.07 Å². The third-order valence-corrected chi connectivity index (χ3v) is 2.63. The van der Waals surface area contributed by atoms with Gasteiger partial charge in [0.1, 0.15) is 5.69 Å².